The minimum absolute atomic E-state index is 0.0680. The van der Waals surface area contributed by atoms with E-state index >= 15 is 0 Å². The molecular formula is C28H29NO7. The first-order chi connectivity index (χ1) is 17.4. The number of carbonyl (C=O) groups excluding carboxylic acids is 1. The zero-order valence-corrected chi connectivity index (χ0v) is 20.9. The maximum Gasteiger partial charge on any atom is 0.224 e. The van der Waals surface area contributed by atoms with Gasteiger partial charge in [-0.05, 0) is 82.8 Å². The molecule has 0 saturated carbocycles. The van der Waals surface area contributed by atoms with Crippen LogP contribution in [0.15, 0.2) is 52.7 Å². The summed E-state index contributed by atoms with van der Waals surface area (Å²) in [6.07, 6.45) is 3.72. The summed E-state index contributed by atoms with van der Waals surface area (Å²) in [5.74, 6) is 2.24. The third kappa shape index (κ3) is 4.75. The summed E-state index contributed by atoms with van der Waals surface area (Å²) in [7, 11) is 6.13. The van der Waals surface area contributed by atoms with Gasteiger partial charge in [0.2, 0.25) is 11.7 Å². The smallest absolute Gasteiger partial charge is 0.224 e. The highest BCUT2D eigenvalue weighted by atomic mass is 16.5. The first kappa shape index (κ1) is 24.8. The van der Waals surface area contributed by atoms with Crippen molar-refractivity contribution >= 4 is 23.1 Å². The molecule has 1 aromatic heterocycles. The number of benzene rings is 2. The summed E-state index contributed by atoms with van der Waals surface area (Å²) in [5.41, 5.74) is 5.30. The van der Waals surface area contributed by atoms with Crippen molar-refractivity contribution in [2.45, 2.75) is 19.9 Å². The van der Waals surface area contributed by atoms with E-state index in [4.69, 9.17) is 23.4 Å². The lowest BCUT2D eigenvalue weighted by molar-refractivity contribution is -0.120. The third-order valence-corrected chi connectivity index (χ3v) is 6.19. The van der Waals surface area contributed by atoms with Crippen LogP contribution >= 0.6 is 0 Å². The molecule has 0 bridgehead atoms. The molecule has 2 N–H and O–H groups in total. The Labute approximate surface area is 209 Å². The fraction of sp³-hybridized carbons (Fsp3) is 0.250. The molecule has 0 aliphatic heterocycles. The molecule has 1 heterocycles. The minimum atomic E-state index is -0.129. The van der Waals surface area contributed by atoms with Crippen LogP contribution in [0.4, 0.5) is 0 Å². The van der Waals surface area contributed by atoms with Gasteiger partial charge in [-0.1, -0.05) is 0 Å². The van der Waals surface area contributed by atoms with E-state index in [0.717, 1.165) is 33.4 Å². The SMILES string of the molecule is COc1cc2c(cc1OC)/C(=C\c1cc(OC)c(O)c(OC)c1)C(C)=C2CC(=O)NCc1ccco1. The van der Waals surface area contributed by atoms with Gasteiger partial charge in [0.1, 0.15) is 5.76 Å². The summed E-state index contributed by atoms with van der Waals surface area (Å²) in [5, 5.41) is 13.2. The molecular weight excluding hydrogens is 462 g/mol. The number of allylic oxidation sites excluding steroid dienone is 2. The fourth-order valence-corrected chi connectivity index (χ4v) is 4.32. The molecule has 4 rings (SSSR count). The Morgan fingerprint density at radius 1 is 0.944 bits per heavy atom. The summed E-state index contributed by atoms with van der Waals surface area (Å²) >= 11 is 0. The number of furan rings is 1. The van der Waals surface area contributed by atoms with Crippen LogP contribution in [0.1, 0.15) is 35.8 Å². The second-order valence-electron chi connectivity index (χ2n) is 8.22. The van der Waals surface area contributed by atoms with Crippen LogP contribution < -0.4 is 24.3 Å². The van der Waals surface area contributed by atoms with E-state index in [1.54, 1.807) is 38.7 Å². The average molecular weight is 492 g/mol. The normalized spacial score (nSPS) is 13.5. The van der Waals surface area contributed by atoms with Gasteiger partial charge in [0, 0.05) is 0 Å². The molecule has 0 unspecified atom stereocenters. The molecule has 8 heteroatoms. The predicted molar refractivity (Wildman–Crippen MR) is 136 cm³/mol. The van der Waals surface area contributed by atoms with Gasteiger partial charge in [-0.3, -0.25) is 4.79 Å². The zero-order chi connectivity index (χ0) is 25.8. The number of hydrogen-bond acceptors (Lipinski definition) is 7. The molecule has 3 aromatic rings. The van der Waals surface area contributed by atoms with Crippen LogP contribution in [0.5, 0.6) is 28.7 Å². The van der Waals surface area contributed by atoms with E-state index in [1.807, 2.05) is 31.2 Å². The summed E-state index contributed by atoms with van der Waals surface area (Å²) in [6.45, 7) is 2.29. The first-order valence-corrected chi connectivity index (χ1v) is 11.3. The van der Waals surface area contributed by atoms with Crippen LogP contribution in [0.25, 0.3) is 17.2 Å². The maximum atomic E-state index is 12.9. The molecule has 0 atom stereocenters. The second kappa shape index (κ2) is 10.5. The summed E-state index contributed by atoms with van der Waals surface area (Å²) < 4.78 is 27.0. The molecule has 8 nitrogen and oxygen atoms in total. The molecule has 1 aliphatic carbocycles. The number of nitrogens with one attached hydrogen (secondary N) is 1. The van der Waals surface area contributed by atoms with E-state index in [-0.39, 0.29) is 18.1 Å². The van der Waals surface area contributed by atoms with Crippen molar-refractivity contribution in [2.24, 2.45) is 0 Å². The van der Waals surface area contributed by atoms with E-state index in [9.17, 15) is 9.90 Å². The average Bonchev–Trinajstić information content (AvgIpc) is 3.50. The Kier molecular flexibility index (Phi) is 7.24. The highest BCUT2D eigenvalue weighted by Gasteiger charge is 2.28. The van der Waals surface area contributed by atoms with Crippen molar-refractivity contribution in [3.63, 3.8) is 0 Å². The lowest BCUT2D eigenvalue weighted by Gasteiger charge is -2.13. The lowest BCUT2D eigenvalue weighted by atomic mass is 9.99. The third-order valence-electron chi connectivity index (χ3n) is 6.19. The molecule has 0 radical (unpaired) electrons. The van der Waals surface area contributed by atoms with Crippen molar-refractivity contribution in [1.29, 1.82) is 0 Å². The Morgan fingerprint density at radius 3 is 2.11 bits per heavy atom. The van der Waals surface area contributed by atoms with Gasteiger partial charge in [-0.15, -0.1) is 0 Å². The molecule has 0 spiro atoms. The Morgan fingerprint density at radius 2 is 1.56 bits per heavy atom. The maximum absolute atomic E-state index is 12.9. The van der Waals surface area contributed by atoms with Gasteiger partial charge < -0.3 is 33.8 Å². The van der Waals surface area contributed by atoms with Gasteiger partial charge in [0.05, 0.1) is 47.7 Å². The Balaban J connectivity index is 1.78. The van der Waals surface area contributed by atoms with Crippen molar-refractivity contribution in [3.8, 4) is 28.7 Å². The fourth-order valence-electron chi connectivity index (χ4n) is 4.32. The van der Waals surface area contributed by atoms with E-state index in [0.29, 0.717) is 35.3 Å². The highest BCUT2D eigenvalue weighted by molar-refractivity contribution is 6.08. The van der Waals surface area contributed by atoms with E-state index in [1.165, 1.54) is 14.2 Å². The summed E-state index contributed by atoms with van der Waals surface area (Å²) in [6, 6.07) is 10.9. The minimum Gasteiger partial charge on any atom is -0.502 e. The number of rotatable bonds is 9. The largest absolute Gasteiger partial charge is 0.502 e. The quantitative estimate of drug-likeness (QED) is 0.432. The molecule has 36 heavy (non-hydrogen) atoms. The van der Waals surface area contributed by atoms with Crippen LogP contribution in [0, 0.1) is 0 Å². The number of aromatic hydroxyl groups is 1. The number of methoxy groups -OCH3 is 4. The van der Waals surface area contributed by atoms with Crippen LogP contribution in [-0.2, 0) is 11.3 Å². The van der Waals surface area contributed by atoms with Gasteiger partial charge in [0.25, 0.3) is 0 Å². The molecule has 188 valence electrons. The zero-order valence-electron chi connectivity index (χ0n) is 20.9. The van der Waals surface area contributed by atoms with E-state index < -0.39 is 0 Å². The van der Waals surface area contributed by atoms with Gasteiger partial charge in [-0.2, -0.15) is 0 Å². The Bertz CT molecular complexity index is 1310. The number of phenols is 1. The van der Waals surface area contributed by atoms with Crippen LogP contribution in [0.2, 0.25) is 0 Å². The topological polar surface area (TPSA) is 99.4 Å². The summed E-state index contributed by atoms with van der Waals surface area (Å²) in [4.78, 5) is 12.9. The standard InChI is InChI=1S/C28H29NO7/c1-16-19(9-17-10-25(34-4)28(31)26(11-17)35-5)21-12-23(32-2)24(33-3)13-22(21)20(16)14-27(30)29-15-18-7-6-8-36-18/h6-13,31H,14-15H2,1-5H3,(H,29,30)/b19-9-. The van der Waals surface area contributed by atoms with E-state index in [2.05, 4.69) is 5.32 Å². The number of fused-ring (bicyclic) bond motifs is 1. The molecule has 1 amide bonds. The Hall–Kier alpha value is -4.33. The molecule has 0 saturated heterocycles. The van der Waals surface area contributed by atoms with Gasteiger partial charge >= 0.3 is 0 Å². The number of carbonyl (C=O) groups is 1. The molecule has 0 fully saturated rings. The van der Waals surface area contributed by atoms with Crippen molar-refractivity contribution in [2.75, 3.05) is 28.4 Å². The first-order valence-electron chi connectivity index (χ1n) is 11.3. The number of amides is 1. The molecule has 1 aliphatic rings. The van der Waals surface area contributed by atoms with Crippen molar-refractivity contribution < 1.29 is 33.3 Å². The van der Waals surface area contributed by atoms with Crippen LogP contribution in [0.3, 0.4) is 0 Å². The molecule has 2 aromatic carbocycles. The lowest BCUT2D eigenvalue weighted by Crippen LogP contribution is -2.22. The predicted octanol–water partition coefficient (Wildman–Crippen LogP) is 5.05. The monoisotopic (exact) mass is 491 g/mol. The highest BCUT2D eigenvalue weighted by Crippen LogP contribution is 2.48. The number of phenolic OH excluding ortho intramolecular Hbond substituents is 1. The number of ether oxygens (including phenoxy) is 4. The number of hydrogen-bond donors (Lipinski definition) is 2. The van der Waals surface area contributed by atoms with Crippen molar-refractivity contribution in [3.05, 3.63) is 70.7 Å². The second-order valence-corrected chi connectivity index (χ2v) is 8.22. The van der Waals surface area contributed by atoms with Gasteiger partial charge in [-0.25, -0.2) is 0 Å². The van der Waals surface area contributed by atoms with Crippen molar-refractivity contribution in [1.82, 2.24) is 5.32 Å². The van der Waals surface area contributed by atoms with Gasteiger partial charge in [0.15, 0.2) is 23.0 Å². The van der Waals surface area contributed by atoms with Crippen LogP contribution in [-0.4, -0.2) is 39.5 Å².